The molecule has 0 aromatic heterocycles. The molecule has 0 aliphatic heterocycles. The van der Waals surface area contributed by atoms with Crippen LogP contribution in [0.2, 0.25) is 0 Å². The Morgan fingerprint density at radius 3 is 2.83 bits per heavy atom. The molecule has 0 spiro atoms. The third kappa shape index (κ3) is 3.70. The van der Waals surface area contributed by atoms with Gasteiger partial charge in [0.15, 0.2) is 0 Å². The number of nitro groups is 1. The molecular weight excluding hydrogens is 238 g/mol. The van der Waals surface area contributed by atoms with Crippen LogP contribution in [0.15, 0.2) is 18.2 Å². The quantitative estimate of drug-likeness (QED) is 0.416. The molecule has 0 saturated heterocycles. The van der Waals surface area contributed by atoms with E-state index in [1.54, 1.807) is 0 Å². The molecule has 18 heavy (non-hydrogen) atoms. The number of carbonyl (C=O) groups is 1. The van der Waals surface area contributed by atoms with Crippen molar-refractivity contribution < 1.29 is 14.8 Å². The molecule has 0 fully saturated rings. The number of anilines is 1. The van der Waals surface area contributed by atoms with E-state index < -0.39 is 10.8 Å². The summed E-state index contributed by atoms with van der Waals surface area (Å²) >= 11 is 0. The number of nitrogens with two attached hydrogens (primary N) is 1. The summed E-state index contributed by atoms with van der Waals surface area (Å²) in [7, 11) is 0. The Morgan fingerprint density at radius 2 is 2.28 bits per heavy atom. The van der Waals surface area contributed by atoms with Crippen LogP contribution in [0.5, 0.6) is 5.75 Å². The van der Waals surface area contributed by atoms with Crippen LogP contribution in [0.3, 0.4) is 0 Å². The minimum absolute atomic E-state index is 0.0473. The first-order valence-corrected chi connectivity index (χ1v) is 5.47. The molecule has 7 nitrogen and oxygen atoms in total. The summed E-state index contributed by atoms with van der Waals surface area (Å²) in [5, 5.41) is 22.3. The number of rotatable bonds is 5. The molecule has 1 aromatic rings. The van der Waals surface area contributed by atoms with E-state index in [2.05, 4.69) is 5.32 Å². The summed E-state index contributed by atoms with van der Waals surface area (Å²) in [4.78, 5) is 21.6. The van der Waals surface area contributed by atoms with Gasteiger partial charge in [-0.2, -0.15) is 0 Å². The van der Waals surface area contributed by atoms with Gasteiger partial charge < -0.3 is 16.2 Å². The predicted molar refractivity (Wildman–Crippen MR) is 66.3 cm³/mol. The lowest BCUT2D eigenvalue weighted by molar-refractivity contribution is -0.384. The number of amides is 1. The first-order chi connectivity index (χ1) is 8.43. The number of nitro benzene ring substituents is 1. The van der Waals surface area contributed by atoms with E-state index in [1.807, 2.05) is 6.92 Å². The normalized spacial score (nSPS) is 11.9. The van der Waals surface area contributed by atoms with Gasteiger partial charge in [0.1, 0.15) is 11.4 Å². The third-order valence-electron chi connectivity index (χ3n) is 2.42. The summed E-state index contributed by atoms with van der Waals surface area (Å²) in [6.07, 6.45) is 0.736. The molecule has 0 aliphatic rings. The van der Waals surface area contributed by atoms with Gasteiger partial charge in [0.05, 0.1) is 11.0 Å². The van der Waals surface area contributed by atoms with Crippen LogP contribution in [0, 0.1) is 10.1 Å². The van der Waals surface area contributed by atoms with Crippen LogP contribution in [0.1, 0.15) is 19.8 Å². The lowest BCUT2D eigenvalue weighted by atomic mass is 10.1. The monoisotopic (exact) mass is 253 g/mol. The lowest BCUT2D eigenvalue weighted by Gasteiger charge is -2.09. The number of nitrogens with zero attached hydrogens (tertiary/aromatic N) is 1. The van der Waals surface area contributed by atoms with Crippen LogP contribution >= 0.6 is 0 Å². The number of hydrogen-bond donors (Lipinski definition) is 3. The molecule has 1 aromatic carbocycles. The van der Waals surface area contributed by atoms with Gasteiger partial charge in [-0.15, -0.1) is 0 Å². The highest BCUT2D eigenvalue weighted by atomic mass is 16.6. The van der Waals surface area contributed by atoms with Crippen LogP contribution in [-0.4, -0.2) is 22.0 Å². The van der Waals surface area contributed by atoms with E-state index in [1.165, 1.54) is 12.1 Å². The van der Waals surface area contributed by atoms with Crippen molar-refractivity contribution in [2.45, 2.75) is 25.8 Å². The van der Waals surface area contributed by atoms with Crippen LogP contribution in [0.4, 0.5) is 11.4 Å². The van der Waals surface area contributed by atoms with Crippen molar-refractivity contribution in [3.63, 3.8) is 0 Å². The number of phenols is 1. The Kier molecular flexibility index (Phi) is 4.61. The first kappa shape index (κ1) is 13.9. The van der Waals surface area contributed by atoms with Gasteiger partial charge in [0, 0.05) is 12.5 Å². The predicted octanol–water partition coefficient (Wildman–Crippen LogP) is 1.37. The molecule has 0 radical (unpaired) electrons. The maximum atomic E-state index is 11.6. The van der Waals surface area contributed by atoms with Crippen molar-refractivity contribution in [1.82, 2.24) is 0 Å². The largest absolute Gasteiger partial charge is 0.508 e. The van der Waals surface area contributed by atoms with Gasteiger partial charge in [0.25, 0.3) is 5.69 Å². The second kappa shape index (κ2) is 5.97. The minimum atomic E-state index is -0.672. The Bertz CT molecular complexity index is 462. The molecule has 7 heteroatoms. The Labute approximate surface area is 104 Å². The molecule has 4 N–H and O–H groups in total. The topological polar surface area (TPSA) is 118 Å². The van der Waals surface area contributed by atoms with E-state index in [0.29, 0.717) is 6.42 Å². The fourth-order valence-electron chi connectivity index (χ4n) is 1.36. The third-order valence-corrected chi connectivity index (χ3v) is 2.42. The number of aromatic hydroxyl groups is 1. The van der Waals surface area contributed by atoms with Crippen molar-refractivity contribution in [3.05, 3.63) is 28.3 Å². The SMILES string of the molecule is CCC(N)CC(=O)Nc1ccc(O)cc1[N+](=O)[O-]. The van der Waals surface area contributed by atoms with Gasteiger partial charge in [0.2, 0.25) is 5.91 Å². The summed E-state index contributed by atoms with van der Waals surface area (Å²) in [5.74, 6) is -0.622. The van der Waals surface area contributed by atoms with Gasteiger partial charge in [-0.05, 0) is 18.6 Å². The molecule has 1 atom stereocenters. The zero-order chi connectivity index (χ0) is 13.7. The highest BCUT2D eigenvalue weighted by Crippen LogP contribution is 2.28. The van der Waals surface area contributed by atoms with E-state index in [4.69, 9.17) is 10.8 Å². The Morgan fingerprint density at radius 1 is 1.61 bits per heavy atom. The van der Waals surface area contributed by atoms with Crippen molar-refractivity contribution >= 4 is 17.3 Å². The molecule has 98 valence electrons. The number of hydrogen-bond acceptors (Lipinski definition) is 5. The highest BCUT2D eigenvalue weighted by molar-refractivity contribution is 5.93. The molecule has 1 rings (SSSR count). The zero-order valence-corrected chi connectivity index (χ0v) is 9.92. The molecule has 1 amide bonds. The van der Waals surface area contributed by atoms with E-state index in [-0.39, 0.29) is 29.6 Å². The minimum Gasteiger partial charge on any atom is -0.508 e. The number of benzene rings is 1. The van der Waals surface area contributed by atoms with Crippen molar-refractivity contribution in [1.29, 1.82) is 0 Å². The van der Waals surface area contributed by atoms with Gasteiger partial charge in [-0.1, -0.05) is 6.92 Å². The summed E-state index contributed by atoms with van der Waals surface area (Å²) in [6, 6.07) is 3.25. The second-order valence-corrected chi connectivity index (χ2v) is 3.88. The number of carbonyl (C=O) groups excluding carboxylic acids is 1. The first-order valence-electron chi connectivity index (χ1n) is 5.47. The van der Waals surface area contributed by atoms with Crippen LogP contribution in [0.25, 0.3) is 0 Å². The number of phenolic OH excluding ortho intramolecular Hbond substituents is 1. The Hall–Kier alpha value is -2.15. The maximum Gasteiger partial charge on any atom is 0.296 e. The van der Waals surface area contributed by atoms with Crippen molar-refractivity contribution in [3.8, 4) is 5.75 Å². The molecular formula is C11H15N3O4. The van der Waals surface area contributed by atoms with Gasteiger partial charge in [-0.25, -0.2) is 0 Å². The zero-order valence-electron chi connectivity index (χ0n) is 9.92. The van der Waals surface area contributed by atoms with E-state index >= 15 is 0 Å². The fourth-order valence-corrected chi connectivity index (χ4v) is 1.36. The molecule has 0 saturated carbocycles. The molecule has 0 bridgehead atoms. The van der Waals surface area contributed by atoms with Crippen LogP contribution in [-0.2, 0) is 4.79 Å². The summed E-state index contributed by atoms with van der Waals surface area (Å²) in [6.45, 7) is 1.85. The molecule has 0 heterocycles. The van der Waals surface area contributed by atoms with Gasteiger partial charge in [-0.3, -0.25) is 14.9 Å². The smallest absolute Gasteiger partial charge is 0.296 e. The maximum absolute atomic E-state index is 11.6. The standard InChI is InChI=1S/C11H15N3O4/c1-2-7(12)5-11(16)13-9-4-3-8(15)6-10(9)14(17)18/h3-4,6-7,15H,2,5,12H2,1H3,(H,13,16). The molecule has 0 aliphatic carbocycles. The number of nitrogens with one attached hydrogen (secondary N) is 1. The molecule has 1 unspecified atom stereocenters. The fraction of sp³-hybridized carbons (Fsp3) is 0.364. The van der Waals surface area contributed by atoms with E-state index in [0.717, 1.165) is 6.07 Å². The van der Waals surface area contributed by atoms with Crippen molar-refractivity contribution in [2.75, 3.05) is 5.32 Å². The average molecular weight is 253 g/mol. The lowest BCUT2D eigenvalue weighted by Crippen LogP contribution is -2.26. The van der Waals surface area contributed by atoms with Gasteiger partial charge >= 0.3 is 0 Å². The second-order valence-electron chi connectivity index (χ2n) is 3.88. The summed E-state index contributed by atoms with van der Waals surface area (Å²) < 4.78 is 0. The summed E-state index contributed by atoms with van der Waals surface area (Å²) in [5.41, 5.74) is 5.31. The van der Waals surface area contributed by atoms with Crippen LogP contribution < -0.4 is 11.1 Å². The highest BCUT2D eigenvalue weighted by Gasteiger charge is 2.17. The van der Waals surface area contributed by atoms with Crippen molar-refractivity contribution in [2.24, 2.45) is 5.73 Å². The Balaban J connectivity index is 2.84. The van der Waals surface area contributed by atoms with E-state index in [9.17, 15) is 14.9 Å². The average Bonchev–Trinajstić information content (AvgIpc) is 2.30.